The standard InChI is InChI=1S/C27H39N3O7/c1-7-36-27-20(14-11-15-31)21(16-22(37-27)25(32)28(3)17-23(34-5)35-6)24-18(2)29(4)30(26(24)33)19-12-9-8-10-13-19/h8-10,12-13,16,20-21,23,27,31H,7,11,14-15,17H2,1-6H3/t20-,21+,27-/m1/s1. The first kappa shape index (κ1) is 28.6. The smallest absolute Gasteiger partial charge is 0.288 e. The Morgan fingerprint density at radius 2 is 1.89 bits per heavy atom. The highest BCUT2D eigenvalue weighted by atomic mass is 16.7. The van der Waals surface area contributed by atoms with Crippen LogP contribution >= 0.6 is 0 Å². The van der Waals surface area contributed by atoms with E-state index >= 15 is 0 Å². The van der Waals surface area contributed by atoms with Gasteiger partial charge in [0, 0.05) is 64.6 Å². The minimum absolute atomic E-state index is 0.00223. The number of aliphatic hydroxyl groups excluding tert-OH is 1. The van der Waals surface area contributed by atoms with Crippen molar-refractivity contribution < 1.29 is 28.8 Å². The number of allylic oxidation sites excluding steroid dienone is 1. The zero-order valence-corrected chi connectivity index (χ0v) is 22.5. The number of hydrogen-bond acceptors (Lipinski definition) is 7. The fourth-order valence-corrected chi connectivity index (χ4v) is 4.80. The Morgan fingerprint density at radius 1 is 1.22 bits per heavy atom. The predicted molar refractivity (Wildman–Crippen MR) is 138 cm³/mol. The van der Waals surface area contributed by atoms with Gasteiger partial charge in [-0.3, -0.25) is 14.3 Å². The van der Waals surface area contributed by atoms with Gasteiger partial charge in [0.1, 0.15) is 0 Å². The van der Waals surface area contributed by atoms with Gasteiger partial charge in [-0.1, -0.05) is 18.2 Å². The summed E-state index contributed by atoms with van der Waals surface area (Å²) in [5, 5.41) is 9.57. The molecule has 3 atom stereocenters. The largest absolute Gasteiger partial charge is 0.459 e. The average Bonchev–Trinajstić information content (AvgIpc) is 3.13. The molecule has 1 aliphatic heterocycles. The molecular formula is C27H39N3O7. The molecule has 0 aliphatic carbocycles. The number of amides is 1. The summed E-state index contributed by atoms with van der Waals surface area (Å²) in [4.78, 5) is 28.8. The van der Waals surface area contributed by atoms with E-state index in [9.17, 15) is 14.7 Å². The second-order valence-corrected chi connectivity index (χ2v) is 9.09. The van der Waals surface area contributed by atoms with Crippen molar-refractivity contribution in [2.24, 2.45) is 13.0 Å². The van der Waals surface area contributed by atoms with E-state index < -0.39 is 18.5 Å². The lowest BCUT2D eigenvalue weighted by atomic mass is 9.80. The van der Waals surface area contributed by atoms with Crippen molar-refractivity contribution in [3.8, 4) is 5.69 Å². The van der Waals surface area contributed by atoms with Gasteiger partial charge < -0.3 is 29.0 Å². The lowest BCUT2D eigenvalue weighted by molar-refractivity contribution is -0.172. The van der Waals surface area contributed by atoms with Crippen LogP contribution in [0.25, 0.3) is 5.69 Å². The molecular weight excluding hydrogens is 478 g/mol. The van der Waals surface area contributed by atoms with E-state index in [2.05, 4.69) is 0 Å². The molecule has 2 aromatic rings. The maximum absolute atomic E-state index is 13.9. The first-order valence-electron chi connectivity index (χ1n) is 12.5. The van der Waals surface area contributed by atoms with E-state index in [1.54, 1.807) is 17.8 Å². The maximum Gasteiger partial charge on any atom is 0.288 e. The molecule has 0 saturated carbocycles. The summed E-state index contributed by atoms with van der Waals surface area (Å²) < 4.78 is 26.0. The van der Waals surface area contributed by atoms with Crippen molar-refractivity contribution in [2.75, 3.05) is 41.0 Å². The van der Waals surface area contributed by atoms with Gasteiger partial charge in [-0.05, 0) is 44.9 Å². The molecule has 10 nitrogen and oxygen atoms in total. The summed E-state index contributed by atoms with van der Waals surface area (Å²) >= 11 is 0. The third-order valence-electron chi connectivity index (χ3n) is 6.85. The Morgan fingerprint density at radius 3 is 2.49 bits per heavy atom. The number of aliphatic hydroxyl groups is 1. The number of methoxy groups -OCH3 is 2. The fraction of sp³-hybridized carbons (Fsp3) is 0.556. The molecule has 0 unspecified atom stereocenters. The second kappa shape index (κ2) is 13.0. The Bertz CT molecular complexity index is 1120. The molecule has 1 aromatic heterocycles. The number of ether oxygens (including phenoxy) is 4. The summed E-state index contributed by atoms with van der Waals surface area (Å²) in [7, 11) is 6.49. The highest BCUT2D eigenvalue weighted by Gasteiger charge is 2.41. The van der Waals surface area contributed by atoms with Crippen molar-refractivity contribution >= 4 is 5.91 Å². The number of hydrogen-bond donors (Lipinski definition) is 1. The summed E-state index contributed by atoms with van der Waals surface area (Å²) in [5.74, 6) is -1.01. The van der Waals surface area contributed by atoms with Gasteiger partial charge in [0.15, 0.2) is 12.0 Å². The van der Waals surface area contributed by atoms with E-state index in [0.29, 0.717) is 25.0 Å². The van der Waals surface area contributed by atoms with E-state index in [1.807, 2.05) is 55.9 Å². The van der Waals surface area contributed by atoms with Gasteiger partial charge in [-0.2, -0.15) is 0 Å². The third kappa shape index (κ3) is 6.15. The summed E-state index contributed by atoms with van der Waals surface area (Å²) in [6, 6.07) is 9.42. The maximum atomic E-state index is 13.9. The van der Waals surface area contributed by atoms with E-state index in [-0.39, 0.29) is 36.3 Å². The van der Waals surface area contributed by atoms with Crippen molar-refractivity contribution in [3.05, 3.63) is 63.8 Å². The van der Waals surface area contributed by atoms with Gasteiger partial charge in [0.25, 0.3) is 11.5 Å². The van der Waals surface area contributed by atoms with Crippen LogP contribution in [0.2, 0.25) is 0 Å². The summed E-state index contributed by atoms with van der Waals surface area (Å²) in [6.45, 7) is 4.30. The van der Waals surface area contributed by atoms with Gasteiger partial charge in [0.05, 0.1) is 12.2 Å². The number of rotatable bonds is 12. The lowest BCUT2D eigenvalue weighted by Gasteiger charge is -2.37. The molecule has 0 radical (unpaired) electrons. The van der Waals surface area contributed by atoms with Gasteiger partial charge >= 0.3 is 0 Å². The van der Waals surface area contributed by atoms with Crippen molar-refractivity contribution in [2.45, 2.75) is 45.2 Å². The monoisotopic (exact) mass is 517 g/mol. The minimum atomic E-state index is -0.760. The van der Waals surface area contributed by atoms with Gasteiger partial charge in [-0.25, -0.2) is 4.68 Å². The average molecular weight is 518 g/mol. The summed E-state index contributed by atoms with van der Waals surface area (Å²) in [5.41, 5.74) is 1.93. The van der Waals surface area contributed by atoms with Crippen LogP contribution < -0.4 is 5.56 Å². The van der Waals surface area contributed by atoms with Crippen LogP contribution in [-0.4, -0.2) is 78.9 Å². The number of benzene rings is 1. The molecule has 1 aromatic carbocycles. The van der Waals surface area contributed by atoms with Crippen LogP contribution in [0.1, 0.15) is 36.9 Å². The molecule has 3 rings (SSSR count). The fourth-order valence-electron chi connectivity index (χ4n) is 4.80. The molecule has 204 valence electrons. The van der Waals surface area contributed by atoms with Crippen molar-refractivity contribution in [3.63, 3.8) is 0 Å². The summed E-state index contributed by atoms with van der Waals surface area (Å²) in [6.07, 6.45) is 1.43. The normalized spacial score (nSPS) is 19.6. The number of aromatic nitrogens is 2. The zero-order chi connectivity index (χ0) is 27.1. The van der Waals surface area contributed by atoms with Crippen LogP contribution in [0.15, 0.2) is 47.0 Å². The lowest BCUT2D eigenvalue weighted by Crippen LogP contribution is -2.42. The minimum Gasteiger partial charge on any atom is -0.459 e. The predicted octanol–water partition coefficient (Wildman–Crippen LogP) is 2.31. The molecule has 1 amide bonds. The third-order valence-corrected chi connectivity index (χ3v) is 6.85. The van der Waals surface area contributed by atoms with Gasteiger partial charge in [-0.15, -0.1) is 0 Å². The number of para-hydroxylation sites is 1. The van der Waals surface area contributed by atoms with E-state index in [0.717, 1.165) is 11.4 Å². The van der Waals surface area contributed by atoms with E-state index in [4.69, 9.17) is 18.9 Å². The highest BCUT2D eigenvalue weighted by molar-refractivity contribution is 5.91. The van der Waals surface area contributed by atoms with Crippen LogP contribution in [0.5, 0.6) is 0 Å². The molecule has 0 spiro atoms. The Labute approximate surface area is 218 Å². The molecule has 10 heteroatoms. The molecule has 37 heavy (non-hydrogen) atoms. The molecule has 1 N–H and O–H groups in total. The zero-order valence-electron chi connectivity index (χ0n) is 22.5. The first-order valence-corrected chi connectivity index (χ1v) is 12.5. The first-order chi connectivity index (χ1) is 17.8. The Hall–Kier alpha value is -2.92. The van der Waals surface area contributed by atoms with Crippen LogP contribution in [-0.2, 0) is 30.8 Å². The number of carbonyl (C=O) groups is 1. The van der Waals surface area contributed by atoms with Gasteiger partial charge in [0.2, 0.25) is 6.29 Å². The number of carbonyl (C=O) groups excluding carboxylic acids is 1. The second-order valence-electron chi connectivity index (χ2n) is 9.09. The van der Waals surface area contributed by atoms with Crippen LogP contribution in [0.4, 0.5) is 0 Å². The molecule has 0 bridgehead atoms. The van der Waals surface area contributed by atoms with Crippen molar-refractivity contribution in [1.29, 1.82) is 0 Å². The molecule has 1 aliphatic rings. The topological polar surface area (TPSA) is 104 Å². The number of likely N-dealkylation sites (N-methyl/N-ethyl adjacent to an activating group) is 1. The van der Waals surface area contributed by atoms with E-state index in [1.165, 1.54) is 19.1 Å². The molecule has 2 heterocycles. The quantitative estimate of drug-likeness (QED) is 0.431. The SMILES string of the molecule is CCO[C@@H]1OC(C(=O)N(C)CC(OC)OC)=C[C@H](c2c(C)n(C)n(-c3ccccc3)c2=O)[C@H]1CCCO. The number of nitrogens with zero attached hydrogens (tertiary/aromatic N) is 3. The Balaban J connectivity index is 2.12. The highest BCUT2D eigenvalue weighted by Crippen LogP contribution is 2.40. The molecule has 0 fully saturated rings. The Kier molecular flexibility index (Phi) is 10.1. The molecule has 0 saturated heterocycles. The van der Waals surface area contributed by atoms with Crippen LogP contribution in [0, 0.1) is 12.8 Å². The van der Waals surface area contributed by atoms with Crippen LogP contribution in [0.3, 0.4) is 0 Å². The van der Waals surface area contributed by atoms with Crippen molar-refractivity contribution in [1.82, 2.24) is 14.3 Å².